The Morgan fingerprint density at radius 2 is 1.77 bits per heavy atom. The van der Waals surface area contributed by atoms with Gasteiger partial charge < -0.3 is 5.32 Å². The lowest BCUT2D eigenvalue weighted by Crippen LogP contribution is -2.39. The monoisotopic (exact) mass is 181 g/mol. The van der Waals surface area contributed by atoms with E-state index >= 15 is 0 Å². The number of rotatable bonds is 0. The molecule has 1 heterocycles. The van der Waals surface area contributed by atoms with E-state index in [0.29, 0.717) is 5.41 Å². The maximum Gasteiger partial charge on any atom is 0.0121 e. The lowest BCUT2D eigenvalue weighted by atomic mass is 9.81. The minimum Gasteiger partial charge on any atom is -0.310 e. The molecule has 0 aromatic rings. The van der Waals surface area contributed by atoms with Gasteiger partial charge in [-0.15, -0.1) is 0 Å². The highest BCUT2D eigenvalue weighted by Gasteiger charge is 2.39. The average molecular weight is 181 g/mol. The van der Waals surface area contributed by atoms with E-state index in [9.17, 15) is 0 Å². The fourth-order valence-electron chi connectivity index (χ4n) is 2.94. The van der Waals surface area contributed by atoms with Crippen LogP contribution in [0.1, 0.15) is 52.9 Å². The molecule has 0 amide bonds. The van der Waals surface area contributed by atoms with E-state index < -0.39 is 0 Å². The fourth-order valence-corrected chi connectivity index (χ4v) is 2.94. The second-order valence-corrected chi connectivity index (χ2v) is 5.97. The van der Waals surface area contributed by atoms with Gasteiger partial charge in [0.05, 0.1) is 0 Å². The Balaban J connectivity index is 1.99. The summed E-state index contributed by atoms with van der Waals surface area (Å²) in [7, 11) is 0. The summed E-state index contributed by atoms with van der Waals surface area (Å²) in [5, 5.41) is 3.83. The fraction of sp³-hybridized carbons (Fsp3) is 1.00. The molecule has 1 heteroatoms. The molecule has 1 nitrogen and oxygen atoms in total. The van der Waals surface area contributed by atoms with Crippen molar-refractivity contribution >= 4 is 0 Å². The Morgan fingerprint density at radius 1 is 1.08 bits per heavy atom. The quantitative estimate of drug-likeness (QED) is 0.606. The van der Waals surface area contributed by atoms with E-state index in [-0.39, 0.29) is 0 Å². The lowest BCUT2D eigenvalue weighted by Gasteiger charge is -2.28. The first-order chi connectivity index (χ1) is 6.07. The van der Waals surface area contributed by atoms with Crippen LogP contribution in [0.15, 0.2) is 0 Å². The Bertz CT molecular complexity index is 166. The molecule has 1 saturated heterocycles. The van der Waals surface area contributed by atoms with Gasteiger partial charge in [-0.2, -0.15) is 0 Å². The van der Waals surface area contributed by atoms with E-state index in [4.69, 9.17) is 0 Å². The van der Waals surface area contributed by atoms with Gasteiger partial charge in [0.2, 0.25) is 0 Å². The first-order valence-corrected chi connectivity index (χ1v) is 5.83. The predicted molar refractivity (Wildman–Crippen MR) is 56.7 cm³/mol. The summed E-state index contributed by atoms with van der Waals surface area (Å²) in [5.41, 5.74) is 0.456. The van der Waals surface area contributed by atoms with Crippen molar-refractivity contribution in [1.82, 2.24) is 5.32 Å². The second-order valence-electron chi connectivity index (χ2n) is 5.97. The van der Waals surface area contributed by atoms with Crippen molar-refractivity contribution < 1.29 is 0 Å². The molecule has 0 unspecified atom stereocenters. The van der Waals surface area contributed by atoms with E-state index in [1.807, 2.05) is 0 Å². The zero-order valence-corrected chi connectivity index (χ0v) is 9.27. The van der Waals surface area contributed by atoms with E-state index in [2.05, 4.69) is 26.1 Å². The highest BCUT2D eigenvalue weighted by molar-refractivity contribution is 4.97. The molecule has 2 rings (SSSR count). The molecule has 0 spiro atoms. The standard InChI is InChI=1S/C12H23N/c1-12(2,3)11-8-9-6-4-5-7-10(9)13-11/h9-11,13H,4-8H2,1-3H3/t9-,10-,11-/m0/s1. The first-order valence-electron chi connectivity index (χ1n) is 5.83. The molecule has 13 heavy (non-hydrogen) atoms. The molecule has 1 N–H and O–H groups in total. The number of hydrogen-bond acceptors (Lipinski definition) is 1. The molecule has 2 fully saturated rings. The topological polar surface area (TPSA) is 12.0 Å². The summed E-state index contributed by atoms with van der Waals surface area (Å²) in [6, 6.07) is 1.62. The van der Waals surface area contributed by atoms with E-state index in [0.717, 1.165) is 18.0 Å². The van der Waals surface area contributed by atoms with Crippen LogP contribution in [0.4, 0.5) is 0 Å². The van der Waals surface area contributed by atoms with E-state index in [1.165, 1.54) is 32.1 Å². The minimum atomic E-state index is 0.456. The smallest absolute Gasteiger partial charge is 0.0121 e. The van der Waals surface area contributed by atoms with Gasteiger partial charge in [0.15, 0.2) is 0 Å². The molecular weight excluding hydrogens is 158 g/mol. The van der Waals surface area contributed by atoms with Crippen molar-refractivity contribution in [1.29, 1.82) is 0 Å². The van der Waals surface area contributed by atoms with E-state index in [1.54, 1.807) is 0 Å². The molecule has 0 aromatic carbocycles. The van der Waals surface area contributed by atoms with Gasteiger partial charge in [0.25, 0.3) is 0 Å². The highest BCUT2D eigenvalue weighted by Crippen LogP contribution is 2.38. The maximum atomic E-state index is 3.83. The Morgan fingerprint density at radius 3 is 2.38 bits per heavy atom. The normalized spacial score (nSPS) is 40.4. The van der Waals surface area contributed by atoms with Crippen LogP contribution in [0.25, 0.3) is 0 Å². The zero-order valence-electron chi connectivity index (χ0n) is 9.27. The summed E-state index contributed by atoms with van der Waals surface area (Å²) in [5.74, 6) is 0.998. The van der Waals surface area contributed by atoms with Crippen LogP contribution in [-0.4, -0.2) is 12.1 Å². The third-order valence-corrected chi connectivity index (χ3v) is 3.91. The first kappa shape index (κ1) is 9.51. The van der Waals surface area contributed by atoms with Crippen LogP contribution in [0.5, 0.6) is 0 Å². The SMILES string of the molecule is CC(C)(C)[C@@H]1C[C@@H]2CCCC[C@@H]2N1. The summed E-state index contributed by atoms with van der Waals surface area (Å²) < 4.78 is 0. The molecule has 0 aromatic heterocycles. The van der Waals surface area contributed by atoms with Crippen molar-refractivity contribution in [3.05, 3.63) is 0 Å². The largest absolute Gasteiger partial charge is 0.310 e. The molecule has 2 aliphatic rings. The zero-order chi connectivity index (χ0) is 9.47. The van der Waals surface area contributed by atoms with Gasteiger partial charge in [-0.1, -0.05) is 33.6 Å². The molecule has 1 aliphatic heterocycles. The lowest BCUT2D eigenvalue weighted by molar-refractivity contribution is 0.284. The van der Waals surface area contributed by atoms with Gasteiger partial charge >= 0.3 is 0 Å². The Labute approximate surface area is 82.3 Å². The minimum absolute atomic E-state index is 0.456. The summed E-state index contributed by atoms with van der Waals surface area (Å²) in [6.45, 7) is 7.09. The Kier molecular flexibility index (Phi) is 2.39. The predicted octanol–water partition coefficient (Wildman–Crippen LogP) is 2.95. The maximum absolute atomic E-state index is 3.83. The molecule has 76 valence electrons. The van der Waals surface area contributed by atoms with Crippen molar-refractivity contribution in [3.8, 4) is 0 Å². The summed E-state index contributed by atoms with van der Waals surface area (Å²) >= 11 is 0. The molecule has 1 saturated carbocycles. The number of nitrogens with one attached hydrogen (secondary N) is 1. The van der Waals surface area contributed by atoms with Crippen molar-refractivity contribution in [3.63, 3.8) is 0 Å². The second kappa shape index (κ2) is 3.27. The van der Waals surface area contributed by atoms with Gasteiger partial charge in [0, 0.05) is 12.1 Å². The molecule has 0 radical (unpaired) electrons. The molecule has 1 aliphatic carbocycles. The average Bonchev–Trinajstić information content (AvgIpc) is 2.45. The number of fused-ring (bicyclic) bond motifs is 1. The van der Waals surface area contributed by atoms with Crippen LogP contribution in [-0.2, 0) is 0 Å². The van der Waals surface area contributed by atoms with Gasteiger partial charge in [-0.05, 0) is 30.6 Å². The number of hydrogen-bond donors (Lipinski definition) is 1. The highest BCUT2D eigenvalue weighted by atomic mass is 15.0. The van der Waals surface area contributed by atoms with Crippen LogP contribution in [0.3, 0.4) is 0 Å². The Hall–Kier alpha value is -0.0400. The van der Waals surface area contributed by atoms with Gasteiger partial charge in [0.1, 0.15) is 0 Å². The van der Waals surface area contributed by atoms with Crippen molar-refractivity contribution in [2.45, 2.75) is 65.0 Å². The summed E-state index contributed by atoms with van der Waals surface area (Å²) in [6.07, 6.45) is 7.25. The van der Waals surface area contributed by atoms with Gasteiger partial charge in [-0.25, -0.2) is 0 Å². The molecule has 3 atom stereocenters. The van der Waals surface area contributed by atoms with Crippen LogP contribution >= 0.6 is 0 Å². The molecular formula is C12H23N. The third kappa shape index (κ3) is 1.90. The molecule has 0 bridgehead atoms. The van der Waals surface area contributed by atoms with Crippen LogP contribution in [0, 0.1) is 11.3 Å². The van der Waals surface area contributed by atoms with Gasteiger partial charge in [-0.3, -0.25) is 0 Å². The summed E-state index contributed by atoms with van der Waals surface area (Å²) in [4.78, 5) is 0. The van der Waals surface area contributed by atoms with Crippen LogP contribution < -0.4 is 5.32 Å². The third-order valence-electron chi connectivity index (χ3n) is 3.91. The van der Waals surface area contributed by atoms with Crippen molar-refractivity contribution in [2.24, 2.45) is 11.3 Å². The van der Waals surface area contributed by atoms with Crippen LogP contribution in [0.2, 0.25) is 0 Å². The van der Waals surface area contributed by atoms with Crippen molar-refractivity contribution in [2.75, 3.05) is 0 Å².